The Morgan fingerprint density at radius 3 is 2.74 bits per heavy atom. The van der Waals surface area contributed by atoms with Crippen LogP contribution in [0.4, 0.5) is 0 Å². The van der Waals surface area contributed by atoms with Crippen LogP contribution < -0.4 is 5.32 Å². The molecule has 96 valence electrons. The molecule has 3 rings (SSSR count). The SMILES string of the molecule is Cn1cc(CNCc2ccccn2)c2ccccc21. The van der Waals surface area contributed by atoms with Crippen LogP contribution in [0.5, 0.6) is 0 Å². The number of nitrogens with one attached hydrogen (secondary N) is 1. The summed E-state index contributed by atoms with van der Waals surface area (Å²) >= 11 is 0. The monoisotopic (exact) mass is 251 g/mol. The van der Waals surface area contributed by atoms with E-state index in [1.54, 1.807) is 0 Å². The molecule has 0 aliphatic carbocycles. The molecule has 0 fully saturated rings. The Bertz CT molecular complexity index is 671. The van der Waals surface area contributed by atoms with Gasteiger partial charge in [0.15, 0.2) is 0 Å². The van der Waals surface area contributed by atoms with Crippen LogP contribution in [0.15, 0.2) is 54.9 Å². The molecule has 0 saturated heterocycles. The standard InChI is InChI=1S/C16H17N3/c1-19-12-13(15-7-2-3-8-16(15)19)10-17-11-14-6-4-5-9-18-14/h2-9,12,17H,10-11H2,1H3. The van der Waals surface area contributed by atoms with E-state index in [9.17, 15) is 0 Å². The zero-order valence-corrected chi connectivity index (χ0v) is 11.0. The molecule has 0 spiro atoms. The fourth-order valence-electron chi connectivity index (χ4n) is 2.39. The van der Waals surface area contributed by atoms with Crippen LogP contribution in [-0.4, -0.2) is 9.55 Å². The van der Waals surface area contributed by atoms with Gasteiger partial charge in [-0.05, 0) is 23.8 Å². The van der Waals surface area contributed by atoms with E-state index in [1.807, 2.05) is 24.4 Å². The lowest BCUT2D eigenvalue weighted by Crippen LogP contribution is -2.13. The first-order valence-corrected chi connectivity index (χ1v) is 6.48. The fraction of sp³-hybridized carbons (Fsp3) is 0.188. The molecule has 3 aromatic rings. The second kappa shape index (κ2) is 5.24. The van der Waals surface area contributed by atoms with Crippen LogP contribution in [0.3, 0.4) is 0 Å². The number of hydrogen-bond acceptors (Lipinski definition) is 2. The van der Waals surface area contributed by atoms with Crippen molar-refractivity contribution in [1.82, 2.24) is 14.9 Å². The molecule has 0 saturated carbocycles. The largest absolute Gasteiger partial charge is 0.350 e. The zero-order valence-electron chi connectivity index (χ0n) is 11.0. The smallest absolute Gasteiger partial charge is 0.0541 e. The molecule has 3 heteroatoms. The van der Waals surface area contributed by atoms with Gasteiger partial charge in [0.25, 0.3) is 0 Å². The topological polar surface area (TPSA) is 29.9 Å². The molecule has 0 amide bonds. The molecule has 0 atom stereocenters. The van der Waals surface area contributed by atoms with Crippen LogP contribution in [0.1, 0.15) is 11.3 Å². The molecule has 0 unspecified atom stereocenters. The maximum absolute atomic E-state index is 4.31. The van der Waals surface area contributed by atoms with Gasteiger partial charge in [0.2, 0.25) is 0 Å². The third kappa shape index (κ3) is 2.51. The number of aryl methyl sites for hydroxylation is 1. The van der Waals surface area contributed by atoms with E-state index < -0.39 is 0 Å². The highest BCUT2D eigenvalue weighted by atomic mass is 14.9. The minimum Gasteiger partial charge on any atom is -0.350 e. The summed E-state index contributed by atoms with van der Waals surface area (Å²) in [5.41, 5.74) is 3.67. The number of pyridine rings is 1. The molecular weight excluding hydrogens is 234 g/mol. The maximum Gasteiger partial charge on any atom is 0.0541 e. The van der Waals surface area contributed by atoms with Crippen LogP contribution in [0, 0.1) is 0 Å². The van der Waals surface area contributed by atoms with Gasteiger partial charge < -0.3 is 9.88 Å². The first-order chi connectivity index (χ1) is 9.34. The number of rotatable bonds is 4. The van der Waals surface area contributed by atoms with E-state index in [1.165, 1.54) is 16.5 Å². The minimum atomic E-state index is 0.796. The third-order valence-electron chi connectivity index (χ3n) is 3.33. The van der Waals surface area contributed by atoms with Gasteiger partial charge in [-0.1, -0.05) is 24.3 Å². The molecule has 0 radical (unpaired) electrons. The Morgan fingerprint density at radius 1 is 1.05 bits per heavy atom. The van der Waals surface area contributed by atoms with Gasteiger partial charge >= 0.3 is 0 Å². The fourth-order valence-corrected chi connectivity index (χ4v) is 2.39. The van der Waals surface area contributed by atoms with Crippen LogP contribution in [0.2, 0.25) is 0 Å². The third-order valence-corrected chi connectivity index (χ3v) is 3.33. The molecule has 3 nitrogen and oxygen atoms in total. The Kier molecular flexibility index (Phi) is 3.29. The van der Waals surface area contributed by atoms with Crippen molar-refractivity contribution in [2.75, 3.05) is 0 Å². The maximum atomic E-state index is 4.31. The number of para-hydroxylation sites is 1. The van der Waals surface area contributed by atoms with E-state index in [0.29, 0.717) is 0 Å². The van der Waals surface area contributed by atoms with E-state index in [0.717, 1.165) is 18.8 Å². The Morgan fingerprint density at radius 2 is 1.89 bits per heavy atom. The van der Waals surface area contributed by atoms with Crippen LogP contribution in [0.25, 0.3) is 10.9 Å². The highest BCUT2D eigenvalue weighted by Gasteiger charge is 2.05. The molecule has 19 heavy (non-hydrogen) atoms. The highest BCUT2D eigenvalue weighted by molar-refractivity contribution is 5.83. The van der Waals surface area contributed by atoms with Gasteiger partial charge in [-0.2, -0.15) is 0 Å². The first kappa shape index (κ1) is 11.9. The van der Waals surface area contributed by atoms with E-state index in [-0.39, 0.29) is 0 Å². The Balaban J connectivity index is 1.72. The first-order valence-electron chi connectivity index (χ1n) is 6.48. The lowest BCUT2D eigenvalue weighted by Gasteiger charge is -2.03. The van der Waals surface area contributed by atoms with Crippen molar-refractivity contribution in [3.8, 4) is 0 Å². The van der Waals surface area contributed by atoms with Crippen molar-refractivity contribution >= 4 is 10.9 Å². The Hall–Kier alpha value is -2.13. The number of benzene rings is 1. The quantitative estimate of drug-likeness (QED) is 0.772. The number of fused-ring (bicyclic) bond motifs is 1. The summed E-state index contributed by atoms with van der Waals surface area (Å²) in [6.07, 6.45) is 4.02. The van der Waals surface area contributed by atoms with E-state index in [2.05, 4.69) is 52.4 Å². The van der Waals surface area contributed by atoms with Crippen molar-refractivity contribution in [2.24, 2.45) is 7.05 Å². The molecule has 0 aliphatic heterocycles. The van der Waals surface area contributed by atoms with Crippen molar-refractivity contribution in [3.63, 3.8) is 0 Å². The molecular formula is C16H17N3. The van der Waals surface area contributed by atoms with Gasteiger partial charge in [0.05, 0.1) is 5.69 Å². The summed E-state index contributed by atoms with van der Waals surface area (Å²) < 4.78 is 2.17. The summed E-state index contributed by atoms with van der Waals surface area (Å²) in [4.78, 5) is 4.31. The lowest BCUT2D eigenvalue weighted by atomic mass is 10.2. The number of hydrogen-bond donors (Lipinski definition) is 1. The number of nitrogens with zero attached hydrogens (tertiary/aromatic N) is 2. The number of aromatic nitrogens is 2. The summed E-state index contributed by atoms with van der Waals surface area (Å²) in [5, 5.41) is 4.77. The second-order valence-corrected chi connectivity index (χ2v) is 4.71. The van der Waals surface area contributed by atoms with Gasteiger partial charge in [-0.15, -0.1) is 0 Å². The van der Waals surface area contributed by atoms with Crippen LogP contribution in [-0.2, 0) is 20.1 Å². The van der Waals surface area contributed by atoms with Gasteiger partial charge in [-0.3, -0.25) is 4.98 Å². The van der Waals surface area contributed by atoms with E-state index >= 15 is 0 Å². The normalized spacial score (nSPS) is 11.0. The van der Waals surface area contributed by atoms with Crippen molar-refractivity contribution in [2.45, 2.75) is 13.1 Å². The summed E-state index contributed by atoms with van der Waals surface area (Å²) in [7, 11) is 2.09. The zero-order chi connectivity index (χ0) is 13.1. The second-order valence-electron chi connectivity index (χ2n) is 4.71. The summed E-state index contributed by atoms with van der Waals surface area (Å²) in [6.45, 7) is 1.65. The average Bonchev–Trinajstić information content (AvgIpc) is 2.78. The minimum absolute atomic E-state index is 0.796. The van der Waals surface area contributed by atoms with Gasteiger partial charge in [0, 0.05) is 43.4 Å². The predicted molar refractivity (Wildman–Crippen MR) is 77.7 cm³/mol. The van der Waals surface area contributed by atoms with Gasteiger partial charge in [0.1, 0.15) is 0 Å². The summed E-state index contributed by atoms with van der Waals surface area (Å²) in [6, 6.07) is 14.5. The highest BCUT2D eigenvalue weighted by Crippen LogP contribution is 2.19. The predicted octanol–water partition coefficient (Wildman–Crippen LogP) is 2.86. The average molecular weight is 251 g/mol. The lowest BCUT2D eigenvalue weighted by molar-refractivity contribution is 0.681. The van der Waals surface area contributed by atoms with Crippen molar-refractivity contribution in [1.29, 1.82) is 0 Å². The molecule has 0 aliphatic rings. The summed E-state index contributed by atoms with van der Waals surface area (Å²) in [5.74, 6) is 0. The van der Waals surface area contributed by atoms with E-state index in [4.69, 9.17) is 0 Å². The molecule has 2 heterocycles. The molecule has 1 aromatic carbocycles. The van der Waals surface area contributed by atoms with Crippen molar-refractivity contribution < 1.29 is 0 Å². The molecule has 1 N–H and O–H groups in total. The van der Waals surface area contributed by atoms with Gasteiger partial charge in [-0.25, -0.2) is 0 Å². The molecule has 0 bridgehead atoms. The van der Waals surface area contributed by atoms with Crippen molar-refractivity contribution in [3.05, 3.63) is 66.1 Å². The molecule has 2 aromatic heterocycles. The van der Waals surface area contributed by atoms with Crippen LogP contribution >= 0.6 is 0 Å². The Labute approximate surface area is 112 Å².